The van der Waals surface area contributed by atoms with Crippen LogP contribution in [0.3, 0.4) is 0 Å². The van der Waals surface area contributed by atoms with Crippen LogP contribution in [0.15, 0.2) is 29.3 Å². The summed E-state index contributed by atoms with van der Waals surface area (Å²) < 4.78 is 66.3. The quantitative estimate of drug-likeness (QED) is 0.353. The van der Waals surface area contributed by atoms with E-state index in [1.165, 1.54) is 19.1 Å². The van der Waals surface area contributed by atoms with Crippen molar-refractivity contribution in [1.29, 1.82) is 5.26 Å². The normalized spacial score (nSPS) is 20.1. The Balaban J connectivity index is 1.27. The average molecular weight is 539 g/mol. The molecule has 0 aromatic heterocycles. The molecule has 200 valence electrons. The number of imide groups is 1. The molecule has 1 saturated carbocycles. The first-order chi connectivity index (χ1) is 17.4. The SMILES string of the molecule is CC1=C(CCCCCN2CCN(S(=O)(=O)C3CC3)CC2)C(=O)N(c2ccc(C#N)c(C(F)(F)F)c2)C1=O. The van der Waals surface area contributed by atoms with Gasteiger partial charge in [0.25, 0.3) is 11.8 Å². The van der Waals surface area contributed by atoms with E-state index in [1.54, 1.807) is 4.31 Å². The second-order valence-electron chi connectivity index (χ2n) is 9.68. The molecule has 12 heteroatoms. The number of nitrogens with zero attached hydrogens (tertiary/aromatic N) is 4. The molecular formula is C25H29F3N4O4S. The molecule has 1 saturated heterocycles. The lowest BCUT2D eigenvalue weighted by Gasteiger charge is -2.34. The van der Waals surface area contributed by atoms with Gasteiger partial charge in [-0.25, -0.2) is 13.3 Å². The summed E-state index contributed by atoms with van der Waals surface area (Å²) in [6.45, 7) is 4.68. The van der Waals surface area contributed by atoms with Crippen LogP contribution in [-0.2, 0) is 25.8 Å². The number of hydrogen-bond donors (Lipinski definition) is 0. The number of hydrogen-bond acceptors (Lipinski definition) is 6. The number of carbonyl (C=O) groups is 2. The molecule has 0 spiro atoms. The minimum absolute atomic E-state index is 0.193. The molecule has 0 unspecified atom stereocenters. The van der Waals surface area contributed by atoms with Crippen molar-refractivity contribution >= 4 is 27.5 Å². The molecule has 1 aliphatic carbocycles. The van der Waals surface area contributed by atoms with Gasteiger partial charge in [0.1, 0.15) is 0 Å². The Bertz CT molecular complexity index is 1260. The van der Waals surface area contributed by atoms with E-state index in [1.807, 2.05) is 0 Å². The Morgan fingerprint density at radius 2 is 1.70 bits per heavy atom. The molecule has 0 N–H and O–H groups in total. The van der Waals surface area contributed by atoms with Crippen molar-refractivity contribution in [3.05, 3.63) is 40.5 Å². The molecule has 4 rings (SSSR count). The maximum atomic E-state index is 13.3. The molecule has 2 heterocycles. The van der Waals surface area contributed by atoms with Gasteiger partial charge in [-0.05, 0) is 63.8 Å². The third-order valence-electron chi connectivity index (χ3n) is 7.16. The minimum atomic E-state index is -4.80. The standard InChI is InChI=1S/C25H29F3N4O4S/c1-17-21(5-3-2-4-10-30-11-13-31(14-12-30)37(35,36)20-8-9-20)24(34)32(23(17)33)19-7-6-18(16-29)22(15-19)25(26,27)28/h6-7,15,20H,2-5,8-14H2,1H3. The fourth-order valence-corrected chi connectivity index (χ4v) is 6.64. The largest absolute Gasteiger partial charge is 0.417 e. The summed E-state index contributed by atoms with van der Waals surface area (Å²) in [6, 6.07) is 4.30. The van der Waals surface area contributed by atoms with Gasteiger partial charge >= 0.3 is 6.18 Å². The third kappa shape index (κ3) is 5.73. The van der Waals surface area contributed by atoms with E-state index in [-0.39, 0.29) is 16.5 Å². The van der Waals surface area contributed by atoms with Crippen molar-refractivity contribution in [2.45, 2.75) is 56.9 Å². The van der Waals surface area contributed by atoms with Crippen LogP contribution in [0.2, 0.25) is 0 Å². The highest BCUT2D eigenvalue weighted by Crippen LogP contribution is 2.37. The lowest BCUT2D eigenvalue weighted by molar-refractivity contribution is -0.138. The number of unbranched alkanes of at least 4 members (excludes halogenated alkanes) is 2. The number of rotatable bonds is 9. The zero-order valence-electron chi connectivity index (χ0n) is 20.6. The maximum absolute atomic E-state index is 13.3. The monoisotopic (exact) mass is 538 g/mol. The summed E-state index contributed by atoms with van der Waals surface area (Å²) in [6.07, 6.45) is -0.680. The number of piperazine rings is 1. The van der Waals surface area contributed by atoms with Crippen LogP contribution in [0.4, 0.5) is 18.9 Å². The summed E-state index contributed by atoms with van der Waals surface area (Å²) in [4.78, 5) is 28.7. The van der Waals surface area contributed by atoms with Crippen molar-refractivity contribution in [3.63, 3.8) is 0 Å². The molecule has 3 aliphatic rings. The van der Waals surface area contributed by atoms with Gasteiger partial charge in [-0.2, -0.15) is 22.7 Å². The van der Waals surface area contributed by atoms with E-state index in [9.17, 15) is 31.2 Å². The fourth-order valence-electron chi connectivity index (χ4n) is 4.81. The number of anilines is 1. The van der Waals surface area contributed by atoms with Gasteiger partial charge in [-0.15, -0.1) is 0 Å². The Hall–Kier alpha value is -2.75. The van der Waals surface area contributed by atoms with Crippen LogP contribution in [0.1, 0.15) is 56.6 Å². The highest BCUT2D eigenvalue weighted by atomic mass is 32.2. The Morgan fingerprint density at radius 3 is 2.30 bits per heavy atom. The average Bonchev–Trinajstić information content (AvgIpc) is 3.69. The van der Waals surface area contributed by atoms with E-state index < -0.39 is 39.1 Å². The molecule has 0 bridgehead atoms. The van der Waals surface area contributed by atoms with Crippen molar-refractivity contribution in [2.75, 3.05) is 37.6 Å². The Morgan fingerprint density at radius 1 is 1.03 bits per heavy atom. The van der Waals surface area contributed by atoms with E-state index in [0.29, 0.717) is 50.7 Å². The zero-order chi connectivity index (χ0) is 27.0. The number of halogens is 3. The Labute approximate surface area is 214 Å². The second kappa shape index (κ2) is 10.6. The van der Waals surface area contributed by atoms with E-state index >= 15 is 0 Å². The number of nitriles is 1. The maximum Gasteiger partial charge on any atom is 0.417 e. The summed E-state index contributed by atoms with van der Waals surface area (Å²) in [5.41, 5.74) is -1.47. The van der Waals surface area contributed by atoms with Gasteiger partial charge in [0.15, 0.2) is 0 Å². The Kier molecular flexibility index (Phi) is 7.78. The molecule has 0 radical (unpaired) electrons. The summed E-state index contributed by atoms with van der Waals surface area (Å²) >= 11 is 0. The van der Waals surface area contributed by atoms with E-state index in [4.69, 9.17) is 5.26 Å². The van der Waals surface area contributed by atoms with Crippen LogP contribution in [0.5, 0.6) is 0 Å². The highest BCUT2D eigenvalue weighted by molar-refractivity contribution is 7.90. The molecular weight excluding hydrogens is 509 g/mol. The lowest BCUT2D eigenvalue weighted by atomic mass is 10.0. The summed E-state index contributed by atoms with van der Waals surface area (Å²) in [7, 11) is -3.14. The molecule has 0 atom stereocenters. The van der Waals surface area contributed by atoms with Gasteiger partial charge in [0.2, 0.25) is 10.0 Å². The van der Waals surface area contributed by atoms with Crippen LogP contribution in [-0.4, -0.2) is 67.4 Å². The number of benzene rings is 1. The highest BCUT2D eigenvalue weighted by Gasteiger charge is 2.41. The van der Waals surface area contributed by atoms with Crippen molar-refractivity contribution in [2.24, 2.45) is 0 Å². The van der Waals surface area contributed by atoms with Gasteiger partial charge in [0.05, 0.1) is 28.1 Å². The van der Waals surface area contributed by atoms with Crippen LogP contribution < -0.4 is 4.90 Å². The first kappa shape index (κ1) is 27.3. The second-order valence-corrected chi connectivity index (χ2v) is 11.9. The molecule has 8 nitrogen and oxygen atoms in total. The molecule has 37 heavy (non-hydrogen) atoms. The molecule has 2 amide bonds. The molecule has 1 aromatic carbocycles. The molecule has 1 aromatic rings. The number of carbonyl (C=O) groups excluding carboxylic acids is 2. The zero-order valence-corrected chi connectivity index (χ0v) is 21.4. The lowest BCUT2D eigenvalue weighted by Crippen LogP contribution is -2.49. The third-order valence-corrected chi connectivity index (χ3v) is 9.56. The van der Waals surface area contributed by atoms with Gasteiger partial charge < -0.3 is 4.90 Å². The fraction of sp³-hybridized carbons (Fsp3) is 0.560. The predicted octanol–water partition coefficient (Wildman–Crippen LogP) is 3.44. The first-order valence-corrected chi connectivity index (χ1v) is 13.9. The number of alkyl halides is 3. The van der Waals surface area contributed by atoms with E-state index in [0.717, 1.165) is 43.2 Å². The number of sulfonamides is 1. The van der Waals surface area contributed by atoms with E-state index in [2.05, 4.69) is 4.90 Å². The molecule has 2 aliphatic heterocycles. The first-order valence-electron chi connectivity index (χ1n) is 12.4. The van der Waals surface area contributed by atoms with Crippen molar-refractivity contribution in [3.8, 4) is 6.07 Å². The van der Waals surface area contributed by atoms with Crippen LogP contribution in [0, 0.1) is 11.3 Å². The number of amides is 2. The van der Waals surface area contributed by atoms with Gasteiger partial charge in [-0.3, -0.25) is 9.59 Å². The minimum Gasteiger partial charge on any atom is -0.301 e. The van der Waals surface area contributed by atoms with Gasteiger partial charge in [-0.1, -0.05) is 6.42 Å². The molecule has 2 fully saturated rings. The summed E-state index contributed by atoms with van der Waals surface area (Å²) in [5, 5.41) is 8.79. The van der Waals surface area contributed by atoms with Crippen molar-refractivity contribution in [1.82, 2.24) is 9.21 Å². The summed E-state index contributed by atoms with van der Waals surface area (Å²) in [5.74, 6) is -1.29. The van der Waals surface area contributed by atoms with Gasteiger partial charge in [0, 0.05) is 37.3 Å². The van der Waals surface area contributed by atoms with Crippen LogP contribution in [0.25, 0.3) is 0 Å². The van der Waals surface area contributed by atoms with Crippen LogP contribution >= 0.6 is 0 Å². The smallest absolute Gasteiger partial charge is 0.301 e. The predicted molar refractivity (Wildman–Crippen MR) is 130 cm³/mol. The van der Waals surface area contributed by atoms with Crippen molar-refractivity contribution < 1.29 is 31.2 Å². The topological polar surface area (TPSA) is 102 Å².